The summed E-state index contributed by atoms with van der Waals surface area (Å²) in [7, 11) is 0. The maximum atomic E-state index is 7.47. The van der Waals surface area contributed by atoms with Crippen LogP contribution < -0.4 is 20.8 Å². The number of furan rings is 1. The van der Waals surface area contributed by atoms with Gasteiger partial charge in [-0.2, -0.15) is 0 Å². The smallest absolute Gasteiger partial charge is 0.375 e. The minimum Gasteiger partial charge on any atom is -0.466 e. The fourth-order valence-electron chi connectivity index (χ4n) is 11.2. The third-order valence-corrected chi connectivity index (χ3v) is 15.8. The first kappa shape index (κ1) is 39.5. The highest BCUT2D eigenvalue weighted by Crippen LogP contribution is 2.59. The van der Waals surface area contributed by atoms with Crippen LogP contribution in [-0.2, 0) is 21.7 Å². The van der Waals surface area contributed by atoms with Crippen molar-refractivity contribution >= 4 is 88.9 Å². The minimum atomic E-state index is -0.287. The van der Waals surface area contributed by atoms with E-state index in [0.717, 1.165) is 33.7 Å². The van der Waals surface area contributed by atoms with Gasteiger partial charge in [0.1, 0.15) is 11.2 Å². The van der Waals surface area contributed by atoms with Gasteiger partial charge in [-0.05, 0) is 127 Å². The summed E-state index contributed by atoms with van der Waals surface area (Å²) in [6, 6.07) is 51.3. The zero-order valence-electron chi connectivity index (χ0n) is 39.0. The predicted octanol–water partition coefficient (Wildman–Crippen LogP) is 15.7. The Balaban J connectivity index is 1.27. The maximum absolute atomic E-state index is 7.47. The quantitative estimate of drug-likeness (QED) is 0.162. The van der Waals surface area contributed by atoms with Crippen LogP contribution in [0.5, 0.6) is 0 Å². The number of fused-ring (bicyclic) bond motifs is 13. The lowest BCUT2D eigenvalue weighted by atomic mass is 9.45. The molecule has 0 saturated carbocycles. The Labute approximate surface area is 382 Å². The van der Waals surface area contributed by atoms with Crippen molar-refractivity contribution in [2.75, 3.05) is 9.71 Å². The molecule has 0 N–H and O–H groups in total. The van der Waals surface area contributed by atoms with Crippen LogP contribution in [0.2, 0.25) is 0 Å². The van der Waals surface area contributed by atoms with Crippen LogP contribution in [0.4, 0.5) is 28.4 Å². The van der Waals surface area contributed by atoms with E-state index in [4.69, 9.17) is 4.42 Å². The Hall–Kier alpha value is -6.04. The zero-order valence-corrected chi connectivity index (χ0v) is 39.8. The molecule has 2 aromatic heterocycles. The minimum absolute atomic E-state index is 0.0152. The molecule has 0 saturated heterocycles. The summed E-state index contributed by atoms with van der Waals surface area (Å²) in [5, 5.41) is 3.76. The first-order valence-electron chi connectivity index (χ1n) is 23.0. The number of thiophene rings is 1. The van der Waals surface area contributed by atoms with E-state index in [1.165, 1.54) is 87.1 Å². The van der Waals surface area contributed by atoms with E-state index in [1.54, 1.807) is 0 Å². The van der Waals surface area contributed by atoms with Crippen LogP contribution in [0.3, 0.4) is 0 Å². The van der Waals surface area contributed by atoms with Crippen LogP contribution in [0, 0.1) is 0 Å². The second-order valence-corrected chi connectivity index (χ2v) is 23.3. The summed E-state index contributed by atoms with van der Waals surface area (Å²) in [5.41, 5.74) is 20.6. The molecule has 0 bridgehead atoms. The maximum Gasteiger partial charge on any atom is 0.375 e. The summed E-state index contributed by atoms with van der Waals surface area (Å²) in [4.78, 5) is 5.25. The Morgan fingerprint density at radius 1 is 0.516 bits per heavy atom. The molecule has 64 heavy (non-hydrogen) atoms. The van der Waals surface area contributed by atoms with Gasteiger partial charge >= 0.3 is 6.85 Å². The van der Waals surface area contributed by atoms with Crippen molar-refractivity contribution in [3.05, 3.63) is 161 Å². The largest absolute Gasteiger partial charge is 0.466 e. The number of benzene rings is 7. The lowest BCUT2D eigenvalue weighted by Gasteiger charge is -2.45. The van der Waals surface area contributed by atoms with E-state index in [0.29, 0.717) is 0 Å². The first-order valence-corrected chi connectivity index (χ1v) is 23.9. The average molecular weight is 851 g/mol. The highest BCUT2D eigenvalue weighted by Gasteiger charge is 2.52. The molecule has 316 valence electrons. The number of anilines is 5. The highest BCUT2D eigenvalue weighted by molar-refractivity contribution is 7.25. The molecule has 4 heterocycles. The van der Waals surface area contributed by atoms with E-state index in [-0.39, 0.29) is 28.5 Å². The van der Waals surface area contributed by atoms with Crippen LogP contribution in [0.1, 0.15) is 104 Å². The van der Waals surface area contributed by atoms with Gasteiger partial charge in [0.15, 0.2) is 0 Å². The zero-order chi connectivity index (χ0) is 44.4. The Morgan fingerprint density at radius 3 is 1.83 bits per heavy atom. The van der Waals surface area contributed by atoms with Gasteiger partial charge in [0.05, 0.1) is 5.69 Å². The standard InChI is InChI=1S/C59H55BN2OS/c1-56(2,3)34-20-25-37(26-21-34)61-53-45-30-36(58(7,8)9)24-29-48(45)63-55(53)60-52-44(32-43-39-16-12-14-18-46(39)59(10,11)51(43)54(52)61)41-31-42-40-17-13-15-19-49(40)64-50(42)33-47(41)62(60)38-27-22-35(23-28-38)57(4,5)6/h12-33H,1-11H3. The normalized spacial score (nSPS) is 15.1. The van der Waals surface area contributed by atoms with Gasteiger partial charge in [-0.15, -0.1) is 11.3 Å². The molecule has 3 nitrogen and oxygen atoms in total. The van der Waals surface area contributed by atoms with Crippen molar-refractivity contribution in [2.45, 2.75) is 97.8 Å². The Kier molecular flexibility index (Phi) is 8.06. The van der Waals surface area contributed by atoms with Crippen LogP contribution in [0.15, 0.2) is 138 Å². The van der Waals surface area contributed by atoms with Crippen LogP contribution in [-0.4, -0.2) is 6.85 Å². The van der Waals surface area contributed by atoms with Gasteiger partial charge in [0, 0.05) is 59.3 Å². The van der Waals surface area contributed by atoms with Crippen molar-refractivity contribution in [3.63, 3.8) is 0 Å². The molecule has 0 unspecified atom stereocenters. The summed E-state index contributed by atoms with van der Waals surface area (Å²) in [5.74, 6) is 0. The second kappa shape index (κ2) is 13.0. The van der Waals surface area contributed by atoms with Crippen LogP contribution >= 0.6 is 11.3 Å². The summed E-state index contributed by atoms with van der Waals surface area (Å²) in [6.45, 7) is 25.4. The van der Waals surface area contributed by atoms with Gasteiger partial charge < -0.3 is 14.1 Å². The van der Waals surface area contributed by atoms with Crippen molar-refractivity contribution in [3.8, 4) is 22.3 Å². The summed E-state index contributed by atoms with van der Waals surface area (Å²) >= 11 is 1.89. The molecule has 0 atom stereocenters. The van der Waals surface area contributed by atoms with Gasteiger partial charge in [-0.1, -0.05) is 149 Å². The molecule has 12 rings (SSSR count). The van der Waals surface area contributed by atoms with E-state index in [1.807, 2.05) is 11.3 Å². The molecule has 9 aromatic rings. The molecule has 0 radical (unpaired) electrons. The predicted molar refractivity (Wildman–Crippen MR) is 276 cm³/mol. The Bertz CT molecular complexity index is 3420. The molecule has 7 aromatic carbocycles. The van der Waals surface area contributed by atoms with Crippen molar-refractivity contribution in [1.29, 1.82) is 0 Å². The number of hydrogen-bond acceptors (Lipinski definition) is 4. The van der Waals surface area contributed by atoms with E-state index in [2.05, 4.69) is 219 Å². The molecule has 0 amide bonds. The van der Waals surface area contributed by atoms with Gasteiger partial charge in [-0.3, -0.25) is 0 Å². The molecule has 1 aliphatic carbocycles. The molecule has 2 aliphatic heterocycles. The average Bonchev–Trinajstić information content (AvgIpc) is 3.89. The van der Waals surface area contributed by atoms with Gasteiger partial charge in [0.2, 0.25) is 0 Å². The highest BCUT2D eigenvalue weighted by atomic mass is 32.1. The molecule has 5 heteroatoms. The number of hydrogen-bond donors (Lipinski definition) is 0. The molecular formula is C59H55BN2OS. The third kappa shape index (κ3) is 5.52. The lowest BCUT2D eigenvalue weighted by Crippen LogP contribution is -2.61. The van der Waals surface area contributed by atoms with E-state index >= 15 is 0 Å². The van der Waals surface area contributed by atoms with Crippen molar-refractivity contribution < 1.29 is 4.42 Å². The third-order valence-electron chi connectivity index (χ3n) is 14.7. The Morgan fingerprint density at radius 2 is 1.14 bits per heavy atom. The summed E-state index contributed by atoms with van der Waals surface area (Å²) < 4.78 is 10.1. The monoisotopic (exact) mass is 850 g/mol. The van der Waals surface area contributed by atoms with Crippen molar-refractivity contribution in [1.82, 2.24) is 0 Å². The molecule has 0 fully saturated rings. The fraction of sp³-hybridized carbons (Fsp3) is 0.254. The van der Waals surface area contributed by atoms with E-state index < -0.39 is 0 Å². The molecular weight excluding hydrogens is 796 g/mol. The lowest BCUT2D eigenvalue weighted by molar-refractivity contribution is 0.590. The summed E-state index contributed by atoms with van der Waals surface area (Å²) in [6.07, 6.45) is 0. The number of nitrogens with zero attached hydrogens (tertiary/aromatic N) is 2. The first-order chi connectivity index (χ1) is 30.4. The van der Waals surface area contributed by atoms with Gasteiger partial charge in [-0.25, -0.2) is 0 Å². The number of rotatable bonds is 2. The fourth-order valence-corrected chi connectivity index (χ4v) is 12.3. The van der Waals surface area contributed by atoms with Crippen molar-refractivity contribution in [2.24, 2.45) is 0 Å². The van der Waals surface area contributed by atoms with E-state index in [9.17, 15) is 0 Å². The second-order valence-electron chi connectivity index (χ2n) is 22.2. The topological polar surface area (TPSA) is 19.6 Å². The van der Waals surface area contributed by atoms with Gasteiger partial charge in [0.25, 0.3) is 0 Å². The SMILES string of the molecule is CC(C)(C)c1ccc(N2B3c4oc5ccc(C(C)(C)C)cc5c4N(c4ccc(C(C)(C)C)cc4)c4c3c(cc3c4C(C)(C)c4ccccc4-3)-c3cc4c(cc32)sc2ccccc24)cc1. The molecule has 0 spiro atoms. The van der Waals surface area contributed by atoms with Crippen LogP contribution in [0.25, 0.3) is 53.4 Å². The molecule has 3 aliphatic rings.